The number of rotatable bonds is 6. The van der Waals surface area contributed by atoms with Gasteiger partial charge in [-0.05, 0) is 25.0 Å². The molecule has 5 nitrogen and oxygen atoms in total. The van der Waals surface area contributed by atoms with Crippen LogP contribution in [0.15, 0.2) is 48.5 Å². The summed E-state index contributed by atoms with van der Waals surface area (Å²) in [6, 6.07) is 13.9. The average molecular weight is 415 g/mol. The van der Waals surface area contributed by atoms with E-state index in [0.717, 1.165) is 12.8 Å². The molecule has 2 atom stereocenters. The summed E-state index contributed by atoms with van der Waals surface area (Å²) in [7, 11) is 0. The molecular formula is C23H28F2N4O. The van der Waals surface area contributed by atoms with Gasteiger partial charge in [0.25, 0.3) is 0 Å². The number of urea groups is 1. The van der Waals surface area contributed by atoms with Crippen LogP contribution < -0.4 is 10.6 Å². The number of likely N-dealkylation sites (tertiary alicyclic amines) is 2. The van der Waals surface area contributed by atoms with Gasteiger partial charge in [0.05, 0.1) is 0 Å². The van der Waals surface area contributed by atoms with Gasteiger partial charge in [-0.3, -0.25) is 0 Å². The molecule has 2 saturated heterocycles. The predicted molar refractivity (Wildman–Crippen MR) is 112 cm³/mol. The number of hydrogen-bond acceptors (Lipinski definition) is 3. The molecular weight excluding hydrogens is 386 g/mol. The highest BCUT2D eigenvalue weighted by Crippen LogP contribution is 2.18. The minimum Gasteiger partial charge on any atom is -0.323 e. The lowest BCUT2D eigenvalue weighted by atomic mass is 10.2. The lowest BCUT2D eigenvalue weighted by Gasteiger charge is -2.24. The van der Waals surface area contributed by atoms with E-state index in [1.165, 1.54) is 12.1 Å². The van der Waals surface area contributed by atoms with Crippen LogP contribution in [0.4, 0.5) is 13.6 Å². The Kier molecular flexibility index (Phi) is 6.59. The number of carbonyl (C=O) groups is 1. The largest absolute Gasteiger partial charge is 0.323 e. The molecule has 2 heterocycles. The normalized spacial score (nSPS) is 21.4. The van der Waals surface area contributed by atoms with Crippen LogP contribution in [0.2, 0.25) is 0 Å². The topological polar surface area (TPSA) is 47.6 Å². The van der Waals surface area contributed by atoms with E-state index in [9.17, 15) is 13.6 Å². The summed E-state index contributed by atoms with van der Waals surface area (Å²) < 4.78 is 27.5. The van der Waals surface area contributed by atoms with E-state index >= 15 is 0 Å². The summed E-state index contributed by atoms with van der Waals surface area (Å²) in [6.45, 7) is 3.61. The van der Waals surface area contributed by atoms with Crippen molar-refractivity contribution in [3.63, 3.8) is 0 Å². The fourth-order valence-electron chi connectivity index (χ4n) is 4.19. The van der Waals surface area contributed by atoms with Crippen molar-refractivity contribution in [3.8, 4) is 0 Å². The van der Waals surface area contributed by atoms with E-state index in [0.29, 0.717) is 50.4 Å². The van der Waals surface area contributed by atoms with Gasteiger partial charge in [0.2, 0.25) is 0 Å². The third-order valence-corrected chi connectivity index (χ3v) is 6.00. The predicted octanol–water partition coefficient (Wildman–Crippen LogP) is 3.11. The van der Waals surface area contributed by atoms with Crippen LogP contribution in [0.5, 0.6) is 0 Å². The zero-order chi connectivity index (χ0) is 20.9. The van der Waals surface area contributed by atoms with Crippen molar-refractivity contribution in [1.29, 1.82) is 0 Å². The maximum atomic E-state index is 13.8. The maximum Gasteiger partial charge on any atom is 0.320 e. The first-order valence-electron chi connectivity index (χ1n) is 10.6. The number of halogens is 2. The molecule has 2 fully saturated rings. The molecule has 0 aromatic heterocycles. The molecule has 2 aliphatic rings. The first-order chi connectivity index (χ1) is 14.6. The van der Waals surface area contributed by atoms with Crippen molar-refractivity contribution in [2.45, 2.75) is 38.0 Å². The van der Waals surface area contributed by atoms with Crippen LogP contribution in [0.1, 0.15) is 24.0 Å². The molecule has 4 rings (SSSR count). The Balaban J connectivity index is 1.21. The van der Waals surface area contributed by atoms with Crippen LogP contribution in [-0.2, 0) is 13.1 Å². The number of hydrogen-bond donors (Lipinski definition) is 2. The van der Waals surface area contributed by atoms with Gasteiger partial charge in [0.15, 0.2) is 0 Å². The second-order valence-corrected chi connectivity index (χ2v) is 8.09. The van der Waals surface area contributed by atoms with E-state index < -0.39 is 0 Å². The quantitative estimate of drug-likeness (QED) is 0.764. The van der Waals surface area contributed by atoms with Crippen molar-refractivity contribution >= 4 is 6.03 Å². The third-order valence-electron chi connectivity index (χ3n) is 6.00. The number of nitrogens with one attached hydrogen (secondary N) is 2. The van der Waals surface area contributed by atoms with E-state index in [1.54, 1.807) is 24.3 Å². The number of nitrogens with zero attached hydrogens (tertiary/aromatic N) is 2. The fraction of sp³-hybridized carbons (Fsp3) is 0.435. The van der Waals surface area contributed by atoms with Crippen molar-refractivity contribution < 1.29 is 13.6 Å². The molecule has 7 heteroatoms. The van der Waals surface area contributed by atoms with Gasteiger partial charge in [0.1, 0.15) is 11.6 Å². The molecule has 0 aliphatic carbocycles. The lowest BCUT2D eigenvalue weighted by molar-refractivity contribution is 0.170. The first kappa shape index (κ1) is 20.8. The minimum absolute atomic E-state index is 0.0559. The summed E-state index contributed by atoms with van der Waals surface area (Å²) in [6.07, 6.45) is 1.73. The summed E-state index contributed by atoms with van der Waals surface area (Å²) in [4.78, 5) is 16.6. The van der Waals surface area contributed by atoms with Crippen molar-refractivity contribution in [1.82, 2.24) is 20.4 Å². The molecule has 0 saturated carbocycles. The molecule has 2 amide bonds. The Hall–Kier alpha value is -2.51. The van der Waals surface area contributed by atoms with Crippen molar-refractivity contribution in [2.24, 2.45) is 0 Å². The van der Waals surface area contributed by atoms with Gasteiger partial charge in [-0.2, -0.15) is 0 Å². The summed E-state index contributed by atoms with van der Waals surface area (Å²) in [5.41, 5.74) is 1.29. The molecule has 2 aliphatic heterocycles. The van der Waals surface area contributed by atoms with E-state index in [4.69, 9.17) is 0 Å². The summed E-state index contributed by atoms with van der Waals surface area (Å²) in [5.74, 6) is -0.413. The fourth-order valence-corrected chi connectivity index (χ4v) is 4.19. The SMILES string of the molecule is O=C(N1CCC(NCc2ccccc2F)C1)N1CCC(NCc2ccccc2F)C1. The smallest absolute Gasteiger partial charge is 0.320 e. The van der Waals surface area contributed by atoms with Gasteiger partial charge in [-0.25, -0.2) is 13.6 Å². The zero-order valence-corrected chi connectivity index (χ0v) is 17.0. The maximum absolute atomic E-state index is 13.8. The molecule has 2 aromatic rings. The number of amides is 2. The highest BCUT2D eigenvalue weighted by Gasteiger charge is 2.33. The Morgan fingerprint density at radius 3 is 1.67 bits per heavy atom. The van der Waals surface area contributed by atoms with Crippen LogP contribution in [0, 0.1) is 11.6 Å². The van der Waals surface area contributed by atoms with Gasteiger partial charge in [-0.1, -0.05) is 36.4 Å². The molecule has 2 aromatic carbocycles. The van der Waals surface area contributed by atoms with E-state index in [1.807, 2.05) is 21.9 Å². The standard InChI is InChI=1S/C23H28F2N4O/c24-21-7-3-1-5-17(21)13-26-19-9-11-28(15-19)23(30)29-12-10-20(16-29)27-14-18-6-2-4-8-22(18)25/h1-8,19-20,26-27H,9-16H2. The van der Waals surface area contributed by atoms with Crippen molar-refractivity contribution in [2.75, 3.05) is 26.2 Å². The van der Waals surface area contributed by atoms with Crippen LogP contribution in [-0.4, -0.2) is 54.1 Å². The Bertz CT molecular complexity index is 808. The molecule has 30 heavy (non-hydrogen) atoms. The van der Waals surface area contributed by atoms with Crippen molar-refractivity contribution in [3.05, 3.63) is 71.3 Å². The Morgan fingerprint density at radius 2 is 1.23 bits per heavy atom. The molecule has 2 N–H and O–H groups in total. The van der Waals surface area contributed by atoms with Gasteiger partial charge >= 0.3 is 6.03 Å². The molecule has 160 valence electrons. The van der Waals surface area contributed by atoms with Gasteiger partial charge in [0, 0.05) is 62.5 Å². The molecule has 0 spiro atoms. The monoisotopic (exact) mass is 414 g/mol. The second kappa shape index (κ2) is 9.53. The highest BCUT2D eigenvalue weighted by atomic mass is 19.1. The van der Waals surface area contributed by atoms with Crippen LogP contribution in [0.25, 0.3) is 0 Å². The molecule has 0 bridgehead atoms. The lowest BCUT2D eigenvalue weighted by Crippen LogP contribution is -2.43. The van der Waals surface area contributed by atoms with Crippen LogP contribution in [0.3, 0.4) is 0 Å². The first-order valence-corrected chi connectivity index (χ1v) is 10.6. The van der Waals surface area contributed by atoms with Gasteiger partial charge < -0.3 is 20.4 Å². The van der Waals surface area contributed by atoms with E-state index in [-0.39, 0.29) is 29.7 Å². The van der Waals surface area contributed by atoms with Crippen LogP contribution >= 0.6 is 0 Å². The third kappa shape index (κ3) is 4.96. The summed E-state index contributed by atoms with van der Waals surface area (Å²) >= 11 is 0. The Morgan fingerprint density at radius 1 is 0.800 bits per heavy atom. The highest BCUT2D eigenvalue weighted by molar-refractivity contribution is 5.75. The minimum atomic E-state index is -0.207. The summed E-state index contributed by atoms with van der Waals surface area (Å²) in [5, 5.41) is 6.73. The second-order valence-electron chi connectivity index (χ2n) is 8.09. The molecule has 0 radical (unpaired) electrons. The van der Waals surface area contributed by atoms with E-state index in [2.05, 4.69) is 10.6 Å². The number of benzene rings is 2. The van der Waals surface area contributed by atoms with Gasteiger partial charge in [-0.15, -0.1) is 0 Å². The molecule has 2 unspecified atom stereocenters. The average Bonchev–Trinajstić information content (AvgIpc) is 3.42. The number of carbonyl (C=O) groups excluding carboxylic acids is 1. The Labute approximate surface area is 176 Å². The zero-order valence-electron chi connectivity index (χ0n) is 17.0.